The van der Waals surface area contributed by atoms with Crippen molar-refractivity contribution in [1.82, 2.24) is 0 Å². The highest BCUT2D eigenvalue weighted by Crippen LogP contribution is 2.20. The molecule has 3 rings (SSSR count). The van der Waals surface area contributed by atoms with Crippen molar-refractivity contribution in [3.63, 3.8) is 0 Å². The van der Waals surface area contributed by atoms with Crippen molar-refractivity contribution >= 4 is 39.1 Å². The van der Waals surface area contributed by atoms with E-state index in [2.05, 4.69) is 26.6 Å². The highest BCUT2D eigenvalue weighted by Gasteiger charge is 2.11. The van der Waals surface area contributed by atoms with Crippen molar-refractivity contribution in [2.75, 3.05) is 10.6 Å². The van der Waals surface area contributed by atoms with Gasteiger partial charge in [-0.3, -0.25) is 9.59 Å². The summed E-state index contributed by atoms with van der Waals surface area (Å²) in [6, 6.07) is 15.6. The number of halogens is 1. The summed E-state index contributed by atoms with van der Waals surface area (Å²) in [6.07, 6.45) is 1.44. The Bertz CT molecular complexity index is 920. The molecular formula is C19H15BrN2O3. The third kappa shape index (κ3) is 4.16. The number of amides is 2. The van der Waals surface area contributed by atoms with Gasteiger partial charge in [-0.15, -0.1) is 0 Å². The average molecular weight is 399 g/mol. The van der Waals surface area contributed by atoms with E-state index < -0.39 is 0 Å². The molecule has 6 heteroatoms. The number of hydrogen-bond acceptors (Lipinski definition) is 3. The third-order valence-corrected chi connectivity index (χ3v) is 4.41. The van der Waals surface area contributed by atoms with Gasteiger partial charge in [0.2, 0.25) is 0 Å². The highest BCUT2D eigenvalue weighted by atomic mass is 79.9. The van der Waals surface area contributed by atoms with Crippen molar-refractivity contribution in [2.45, 2.75) is 6.92 Å². The molecule has 0 radical (unpaired) electrons. The van der Waals surface area contributed by atoms with Crippen molar-refractivity contribution in [3.05, 3.63) is 82.2 Å². The van der Waals surface area contributed by atoms with Crippen molar-refractivity contribution in [1.29, 1.82) is 0 Å². The second kappa shape index (κ2) is 7.36. The minimum Gasteiger partial charge on any atom is -0.459 e. The van der Waals surface area contributed by atoms with E-state index in [1.54, 1.807) is 48.5 Å². The lowest BCUT2D eigenvalue weighted by Gasteiger charge is -2.09. The van der Waals surface area contributed by atoms with Crippen molar-refractivity contribution in [3.8, 4) is 0 Å². The maximum absolute atomic E-state index is 12.4. The minimum absolute atomic E-state index is 0.221. The number of nitrogens with one attached hydrogen (secondary N) is 2. The van der Waals surface area contributed by atoms with Crippen molar-refractivity contribution < 1.29 is 14.0 Å². The second-order valence-electron chi connectivity index (χ2n) is 5.43. The van der Waals surface area contributed by atoms with Gasteiger partial charge in [0.15, 0.2) is 5.76 Å². The summed E-state index contributed by atoms with van der Waals surface area (Å²) >= 11 is 3.42. The molecule has 0 spiro atoms. The number of carbonyl (C=O) groups excluding carboxylic acids is 2. The van der Waals surface area contributed by atoms with Gasteiger partial charge in [-0.05, 0) is 55.0 Å². The average Bonchev–Trinajstić information content (AvgIpc) is 3.12. The normalized spacial score (nSPS) is 10.3. The molecule has 5 nitrogen and oxygen atoms in total. The molecule has 0 aliphatic heterocycles. The van der Waals surface area contributed by atoms with E-state index in [0.717, 1.165) is 10.0 Å². The van der Waals surface area contributed by atoms with Gasteiger partial charge in [0.05, 0.1) is 6.26 Å². The Balaban J connectivity index is 1.72. The third-order valence-electron chi connectivity index (χ3n) is 3.56. The molecule has 0 aliphatic carbocycles. The Hall–Kier alpha value is -2.86. The Morgan fingerprint density at radius 2 is 1.64 bits per heavy atom. The van der Waals surface area contributed by atoms with E-state index >= 15 is 0 Å². The number of furan rings is 1. The monoisotopic (exact) mass is 398 g/mol. The molecule has 0 bridgehead atoms. The molecule has 126 valence electrons. The molecule has 0 saturated heterocycles. The van der Waals surface area contributed by atoms with Gasteiger partial charge >= 0.3 is 0 Å². The Labute approximate surface area is 153 Å². The predicted octanol–water partition coefficient (Wildman–Crippen LogP) is 4.86. The van der Waals surface area contributed by atoms with Gasteiger partial charge in [0.25, 0.3) is 11.8 Å². The van der Waals surface area contributed by atoms with Crippen LogP contribution >= 0.6 is 15.9 Å². The molecule has 2 N–H and O–H groups in total. The van der Waals surface area contributed by atoms with Gasteiger partial charge in [-0.1, -0.05) is 28.1 Å². The second-order valence-corrected chi connectivity index (χ2v) is 6.28. The van der Waals surface area contributed by atoms with Crippen LogP contribution in [-0.2, 0) is 0 Å². The maximum Gasteiger partial charge on any atom is 0.291 e. The van der Waals surface area contributed by atoms with E-state index in [-0.39, 0.29) is 17.6 Å². The van der Waals surface area contributed by atoms with E-state index in [9.17, 15) is 9.59 Å². The molecule has 1 heterocycles. The number of benzene rings is 2. The summed E-state index contributed by atoms with van der Waals surface area (Å²) in [7, 11) is 0. The summed E-state index contributed by atoms with van der Waals surface area (Å²) in [5.74, 6) is -0.356. The molecule has 25 heavy (non-hydrogen) atoms. The lowest BCUT2D eigenvalue weighted by molar-refractivity contribution is 0.0995. The number of aryl methyl sites for hydroxylation is 1. The topological polar surface area (TPSA) is 71.3 Å². The van der Waals surface area contributed by atoms with Gasteiger partial charge in [-0.2, -0.15) is 0 Å². The molecular weight excluding hydrogens is 384 g/mol. The Kier molecular flexibility index (Phi) is 5.00. The van der Waals surface area contributed by atoms with Crippen LogP contribution in [0.1, 0.15) is 26.5 Å². The maximum atomic E-state index is 12.4. The smallest absolute Gasteiger partial charge is 0.291 e. The summed E-state index contributed by atoms with van der Waals surface area (Å²) in [6.45, 7) is 1.96. The van der Waals surface area contributed by atoms with Crippen LogP contribution in [0.2, 0.25) is 0 Å². The minimum atomic E-state index is -0.351. The highest BCUT2D eigenvalue weighted by molar-refractivity contribution is 9.10. The largest absolute Gasteiger partial charge is 0.459 e. The molecule has 3 aromatic rings. The van der Waals surface area contributed by atoms with Crippen LogP contribution in [0, 0.1) is 6.92 Å². The molecule has 0 aliphatic rings. The van der Waals surface area contributed by atoms with Gasteiger partial charge in [-0.25, -0.2) is 0 Å². The van der Waals surface area contributed by atoms with Crippen LogP contribution in [0.25, 0.3) is 0 Å². The van der Waals surface area contributed by atoms with Crippen LogP contribution in [0.3, 0.4) is 0 Å². The van der Waals surface area contributed by atoms with Gasteiger partial charge in [0, 0.05) is 21.4 Å². The summed E-state index contributed by atoms with van der Waals surface area (Å²) in [5, 5.41) is 5.54. The van der Waals surface area contributed by atoms with E-state index in [1.807, 2.05) is 13.0 Å². The fraction of sp³-hybridized carbons (Fsp3) is 0.0526. The van der Waals surface area contributed by atoms with Crippen LogP contribution < -0.4 is 10.6 Å². The number of anilines is 2. The zero-order valence-corrected chi connectivity index (χ0v) is 15.0. The van der Waals surface area contributed by atoms with Gasteiger partial charge < -0.3 is 15.1 Å². The lowest BCUT2D eigenvalue weighted by Crippen LogP contribution is -2.13. The molecule has 0 saturated carbocycles. The van der Waals surface area contributed by atoms with E-state index in [1.165, 1.54) is 6.26 Å². The van der Waals surface area contributed by atoms with Crippen molar-refractivity contribution in [2.24, 2.45) is 0 Å². The molecule has 0 atom stereocenters. The molecule has 0 unspecified atom stereocenters. The van der Waals surface area contributed by atoms with Crippen LogP contribution in [0.4, 0.5) is 11.4 Å². The first-order chi connectivity index (χ1) is 12.0. The van der Waals surface area contributed by atoms with E-state index in [4.69, 9.17) is 4.42 Å². The first kappa shape index (κ1) is 17.0. The SMILES string of the molecule is Cc1ccc(C(=O)Nc2cccc(NC(=O)c3ccco3)c2)cc1Br. The van der Waals surface area contributed by atoms with Crippen LogP contribution in [0.5, 0.6) is 0 Å². The van der Waals surface area contributed by atoms with Crippen LogP contribution in [0.15, 0.2) is 69.8 Å². The van der Waals surface area contributed by atoms with Gasteiger partial charge in [0.1, 0.15) is 0 Å². The number of rotatable bonds is 4. The zero-order chi connectivity index (χ0) is 17.8. The fourth-order valence-corrected chi connectivity index (χ4v) is 2.59. The fourth-order valence-electron chi connectivity index (χ4n) is 2.21. The molecule has 2 amide bonds. The van der Waals surface area contributed by atoms with Crippen LogP contribution in [-0.4, -0.2) is 11.8 Å². The first-order valence-electron chi connectivity index (χ1n) is 7.55. The molecule has 0 fully saturated rings. The Morgan fingerprint density at radius 1 is 0.920 bits per heavy atom. The zero-order valence-electron chi connectivity index (χ0n) is 13.4. The number of carbonyl (C=O) groups is 2. The van der Waals surface area contributed by atoms with E-state index in [0.29, 0.717) is 16.9 Å². The molecule has 2 aromatic carbocycles. The molecule has 1 aromatic heterocycles. The Morgan fingerprint density at radius 3 is 2.28 bits per heavy atom. The number of hydrogen-bond donors (Lipinski definition) is 2. The summed E-state index contributed by atoms with van der Waals surface area (Å²) in [4.78, 5) is 24.4. The summed E-state index contributed by atoms with van der Waals surface area (Å²) in [5.41, 5.74) is 2.74. The first-order valence-corrected chi connectivity index (χ1v) is 8.34. The predicted molar refractivity (Wildman–Crippen MR) is 99.9 cm³/mol. The lowest BCUT2D eigenvalue weighted by atomic mass is 10.1. The standard InChI is InChI=1S/C19H15BrN2O3/c1-12-7-8-13(10-16(12)20)18(23)21-14-4-2-5-15(11-14)22-19(24)17-6-3-9-25-17/h2-11H,1H3,(H,21,23)(H,22,24). The quantitative estimate of drug-likeness (QED) is 0.659. The summed E-state index contributed by atoms with van der Waals surface area (Å²) < 4.78 is 5.93.